The lowest BCUT2D eigenvalue weighted by Gasteiger charge is -2.34. The first kappa shape index (κ1) is 30.2. The van der Waals surface area contributed by atoms with Crippen LogP contribution in [-0.4, -0.2) is 70.7 Å². The van der Waals surface area contributed by atoms with Gasteiger partial charge in [-0.2, -0.15) is 0 Å². The highest BCUT2D eigenvalue weighted by atomic mass is 32.2. The normalized spacial score (nSPS) is 15.4. The summed E-state index contributed by atoms with van der Waals surface area (Å²) in [5.41, 5.74) is 3.28. The smallest absolute Gasteiger partial charge is 0.270 e. The molecule has 5 aromatic rings. The molecule has 2 aromatic heterocycles. The van der Waals surface area contributed by atoms with Crippen LogP contribution >= 0.6 is 0 Å². The molecular weight excluding hydrogens is 599 g/mol. The number of rotatable bonds is 7. The minimum Gasteiger partial charge on any atom is -0.495 e. The molecule has 2 N–H and O–H groups in total. The summed E-state index contributed by atoms with van der Waals surface area (Å²) < 4.78 is 52.1. The largest absolute Gasteiger partial charge is 0.495 e. The SMILES string of the molecule is CNC(=O)c1c(-c2ccc(F)cc2)oc2cc(N(C)S(C)(=O)=O)c([C@H]3CCCN(C(=O)c4cc5cccc(OC)c5[nH]4)C3)cc12. The molecule has 1 aliphatic heterocycles. The Morgan fingerprint density at radius 2 is 1.89 bits per heavy atom. The van der Waals surface area contributed by atoms with Gasteiger partial charge in [0.15, 0.2) is 0 Å². The standard InChI is InChI=1S/C33H33FN4O6S/c1-35-32(39)29-24-16-23(26(37(2)45(4,41)42)17-28(24)44-31(29)19-10-12-22(34)13-11-19)21-8-6-14-38(18-21)33(40)25-15-20-7-5-9-27(43-3)30(20)36-25/h5,7,9-13,15-17,21,36H,6,8,14,18H2,1-4H3,(H,35,39)/t21-/m0/s1. The fourth-order valence-corrected chi connectivity index (χ4v) is 6.60. The summed E-state index contributed by atoms with van der Waals surface area (Å²) in [6.07, 6.45) is 2.50. The number of para-hydroxylation sites is 1. The third-order valence-corrected chi connectivity index (χ3v) is 9.64. The predicted molar refractivity (Wildman–Crippen MR) is 171 cm³/mol. The van der Waals surface area contributed by atoms with Crippen molar-refractivity contribution in [2.45, 2.75) is 18.8 Å². The van der Waals surface area contributed by atoms with Crippen LogP contribution in [0.1, 0.15) is 45.2 Å². The van der Waals surface area contributed by atoms with Gasteiger partial charge in [0.05, 0.1) is 30.1 Å². The third-order valence-electron chi connectivity index (χ3n) is 8.45. The molecule has 0 aliphatic carbocycles. The number of fused-ring (bicyclic) bond motifs is 2. The van der Waals surface area contributed by atoms with Crippen LogP contribution < -0.4 is 14.4 Å². The van der Waals surface area contributed by atoms with Gasteiger partial charge in [-0.15, -0.1) is 0 Å². The van der Waals surface area contributed by atoms with Crippen LogP contribution in [0.5, 0.6) is 5.75 Å². The number of aromatic amines is 1. The minimum absolute atomic E-state index is 0.176. The molecule has 1 saturated heterocycles. The number of nitrogens with zero attached hydrogens (tertiary/aromatic N) is 2. The minimum atomic E-state index is -3.69. The van der Waals surface area contributed by atoms with Gasteiger partial charge in [-0.05, 0) is 60.9 Å². The van der Waals surface area contributed by atoms with Gasteiger partial charge in [0.1, 0.15) is 28.6 Å². The average Bonchev–Trinajstić information content (AvgIpc) is 3.65. The Balaban J connectivity index is 1.45. The van der Waals surface area contributed by atoms with Crippen LogP contribution in [0.3, 0.4) is 0 Å². The highest BCUT2D eigenvalue weighted by Crippen LogP contribution is 2.42. The fraction of sp³-hybridized carbons (Fsp3) is 0.273. The molecule has 6 rings (SSSR count). The number of methoxy groups -OCH3 is 1. The Morgan fingerprint density at radius 3 is 2.58 bits per heavy atom. The van der Waals surface area contributed by atoms with Crippen molar-refractivity contribution >= 4 is 49.4 Å². The van der Waals surface area contributed by atoms with Crippen LogP contribution in [0, 0.1) is 5.82 Å². The van der Waals surface area contributed by atoms with Gasteiger partial charge in [0, 0.05) is 55.5 Å². The maximum Gasteiger partial charge on any atom is 0.270 e. The lowest BCUT2D eigenvalue weighted by atomic mass is 9.88. The second-order valence-electron chi connectivity index (χ2n) is 11.2. The number of benzene rings is 3. The van der Waals surface area contributed by atoms with E-state index in [-0.39, 0.29) is 23.1 Å². The van der Waals surface area contributed by atoms with Crippen molar-refractivity contribution in [3.8, 4) is 17.1 Å². The molecule has 10 nitrogen and oxygen atoms in total. The maximum absolute atomic E-state index is 13.8. The molecule has 0 bridgehead atoms. The molecule has 3 heterocycles. The Hall–Kier alpha value is -4.84. The quantitative estimate of drug-likeness (QED) is 0.244. The number of hydrogen-bond acceptors (Lipinski definition) is 6. The van der Waals surface area contributed by atoms with E-state index in [1.165, 1.54) is 42.7 Å². The van der Waals surface area contributed by atoms with Crippen LogP contribution in [-0.2, 0) is 10.0 Å². The maximum atomic E-state index is 13.8. The average molecular weight is 633 g/mol. The van der Waals surface area contributed by atoms with E-state index in [9.17, 15) is 22.4 Å². The van der Waals surface area contributed by atoms with E-state index in [2.05, 4.69) is 10.3 Å². The van der Waals surface area contributed by atoms with Gasteiger partial charge in [0.2, 0.25) is 10.0 Å². The molecule has 1 aliphatic rings. The molecule has 1 atom stereocenters. The van der Waals surface area contributed by atoms with Crippen LogP contribution in [0.25, 0.3) is 33.2 Å². The zero-order valence-corrected chi connectivity index (χ0v) is 26.1. The number of nitrogens with one attached hydrogen (secondary N) is 2. The molecule has 1 fully saturated rings. The second-order valence-corrected chi connectivity index (χ2v) is 13.2. The van der Waals surface area contributed by atoms with Crippen molar-refractivity contribution in [2.75, 3.05) is 44.9 Å². The van der Waals surface area contributed by atoms with E-state index in [4.69, 9.17) is 9.15 Å². The molecule has 2 amide bonds. The summed E-state index contributed by atoms with van der Waals surface area (Å²) in [6.45, 7) is 0.866. The van der Waals surface area contributed by atoms with E-state index in [1.807, 2.05) is 18.2 Å². The van der Waals surface area contributed by atoms with Gasteiger partial charge in [-0.1, -0.05) is 12.1 Å². The monoisotopic (exact) mass is 632 g/mol. The number of H-pyrrole nitrogens is 1. The summed E-state index contributed by atoms with van der Waals surface area (Å²) in [5.74, 6) is -0.380. The summed E-state index contributed by atoms with van der Waals surface area (Å²) in [7, 11) is 0.860. The summed E-state index contributed by atoms with van der Waals surface area (Å²) in [6, 6.07) is 16.4. The van der Waals surface area contributed by atoms with Crippen LogP contribution in [0.15, 0.2) is 65.1 Å². The second kappa shape index (κ2) is 11.6. The number of ether oxygens (including phenoxy) is 1. The van der Waals surface area contributed by atoms with Gasteiger partial charge in [0.25, 0.3) is 11.8 Å². The molecule has 3 aromatic carbocycles. The molecule has 234 valence electrons. The first-order valence-electron chi connectivity index (χ1n) is 14.5. The van der Waals surface area contributed by atoms with Crippen molar-refractivity contribution < 1.29 is 31.6 Å². The Morgan fingerprint density at radius 1 is 1.13 bits per heavy atom. The fourth-order valence-electron chi connectivity index (χ4n) is 6.08. The summed E-state index contributed by atoms with van der Waals surface area (Å²) in [4.78, 5) is 31.9. The van der Waals surface area contributed by atoms with Gasteiger partial charge >= 0.3 is 0 Å². The van der Waals surface area contributed by atoms with Crippen molar-refractivity contribution in [3.63, 3.8) is 0 Å². The van der Waals surface area contributed by atoms with Crippen LogP contribution in [0.4, 0.5) is 10.1 Å². The number of halogens is 1. The predicted octanol–water partition coefficient (Wildman–Crippen LogP) is 5.50. The molecule has 0 unspecified atom stereocenters. The van der Waals surface area contributed by atoms with Crippen molar-refractivity contribution in [1.82, 2.24) is 15.2 Å². The summed E-state index contributed by atoms with van der Waals surface area (Å²) in [5, 5.41) is 4.00. The van der Waals surface area contributed by atoms with E-state index >= 15 is 0 Å². The number of aromatic nitrogens is 1. The molecular formula is C33H33FN4O6S. The Kier molecular flexibility index (Phi) is 7.77. The molecule has 0 saturated carbocycles. The van der Waals surface area contributed by atoms with Crippen molar-refractivity contribution in [3.05, 3.63) is 83.3 Å². The van der Waals surface area contributed by atoms with E-state index in [1.54, 1.807) is 30.2 Å². The third kappa shape index (κ3) is 5.50. The number of hydrogen-bond donors (Lipinski definition) is 2. The lowest BCUT2D eigenvalue weighted by molar-refractivity contribution is 0.0702. The zero-order valence-electron chi connectivity index (χ0n) is 25.3. The first-order valence-corrected chi connectivity index (χ1v) is 16.3. The number of sulfonamides is 1. The molecule has 0 radical (unpaired) electrons. The number of furan rings is 1. The molecule has 12 heteroatoms. The number of carbonyl (C=O) groups excluding carboxylic acids is 2. The first-order chi connectivity index (χ1) is 21.5. The van der Waals surface area contributed by atoms with E-state index < -0.39 is 21.7 Å². The lowest BCUT2D eigenvalue weighted by Crippen LogP contribution is -2.39. The highest BCUT2D eigenvalue weighted by Gasteiger charge is 2.32. The zero-order chi connectivity index (χ0) is 32.0. The van der Waals surface area contributed by atoms with E-state index in [0.717, 1.165) is 17.2 Å². The number of amides is 2. The number of carbonyl (C=O) groups is 2. The topological polar surface area (TPSA) is 125 Å². The van der Waals surface area contributed by atoms with E-state index in [0.29, 0.717) is 65.2 Å². The van der Waals surface area contributed by atoms with Gasteiger partial charge in [-0.25, -0.2) is 12.8 Å². The molecule has 0 spiro atoms. The molecule has 45 heavy (non-hydrogen) atoms. The number of piperidine rings is 1. The Bertz CT molecular complexity index is 2050. The Labute approximate surface area is 259 Å². The van der Waals surface area contributed by atoms with Crippen LogP contribution in [0.2, 0.25) is 0 Å². The number of likely N-dealkylation sites (tertiary alicyclic amines) is 1. The van der Waals surface area contributed by atoms with Crippen molar-refractivity contribution in [1.29, 1.82) is 0 Å². The highest BCUT2D eigenvalue weighted by molar-refractivity contribution is 7.92. The van der Waals surface area contributed by atoms with Gasteiger partial charge < -0.3 is 24.4 Å². The number of anilines is 1. The summed E-state index contributed by atoms with van der Waals surface area (Å²) >= 11 is 0. The van der Waals surface area contributed by atoms with Gasteiger partial charge in [-0.3, -0.25) is 13.9 Å². The van der Waals surface area contributed by atoms with Crippen molar-refractivity contribution in [2.24, 2.45) is 0 Å².